The monoisotopic (exact) mass is 289 g/mol. The van der Waals surface area contributed by atoms with Crippen LogP contribution in [0.25, 0.3) is 0 Å². The van der Waals surface area contributed by atoms with Crippen molar-refractivity contribution < 1.29 is 4.39 Å². The molecule has 1 aliphatic carbocycles. The van der Waals surface area contributed by atoms with E-state index in [4.69, 9.17) is 5.73 Å². The number of halogens is 1. The standard InChI is InChI=1S/C17H24FN3/c18-16-8-4-3-7-15(16)13-11-14(12-13)20-17(19)21-9-5-1-2-6-10-21/h3-4,7-8,13-14H,1-2,5-6,9-12H2,(H2,19,20). The number of guanidine groups is 1. The maximum Gasteiger partial charge on any atom is 0.191 e. The molecule has 3 rings (SSSR count). The number of nitrogens with two attached hydrogens (primary N) is 1. The van der Waals surface area contributed by atoms with Crippen LogP contribution in [0.4, 0.5) is 4.39 Å². The fourth-order valence-corrected chi connectivity index (χ4v) is 3.32. The van der Waals surface area contributed by atoms with E-state index in [2.05, 4.69) is 9.89 Å². The Morgan fingerprint density at radius 2 is 1.76 bits per heavy atom. The van der Waals surface area contributed by atoms with E-state index in [0.717, 1.165) is 31.5 Å². The van der Waals surface area contributed by atoms with Crippen LogP contribution in [0.15, 0.2) is 29.3 Å². The van der Waals surface area contributed by atoms with Gasteiger partial charge >= 0.3 is 0 Å². The van der Waals surface area contributed by atoms with Crippen LogP contribution in [-0.2, 0) is 0 Å². The number of rotatable bonds is 2. The second kappa shape index (κ2) is 6.46. The van der Waals surface area contributed by atoms with Crippen molar-refractivity contribution in [3.05, 3.63) is 35.6 Å². The van der Waals surface area contributed by atoms with Gasteiger partial charge in [0.05, 0.1) is 6.04 Å². The maximum absolute atomic E-state index is 13.7. The molecule has 0 unspecified atom stereocenters. The van der Waals surface area contributed by atoms with Crippen LogP contribution < -0.4 is 5.73 Å². The quantitative estimate of drug-likeness (QED) is 0.670. The summed E-state index contributed by atoms with van der Waals surface area (Å²) in [6.45, 7) is 2.05. The molecule has 1 saturated carbocycles. The van der Waals surface area contributed by atoms with E-state index in [1.807, 2.05) is 12.1 Å². The first kappa shape index (κ1) is 14.4. The van der Waals surface area contributed by atoms with Crippen LogP contribution in [-0.4, -0.2) is 30.0 Å². The first-order valence-electron chi connectivity index (χ1n) is 8.06. The van der Waals surface area contributed by atoms with Gasteiger partial charge in [-0.2, -0.15) is 0 Å². The minimum atomic E-state index is -0.0922. The molecule has 4 heteroatoms. The lowest BCUT2D eigenvalue weighted by molar-refractivity contribution is 0.336. The van der Waals surface area contributed by atoms with Crippen molar-refractivity contribution in [1.29, 1.82) is 0 Å². The minimum absolute atomic E-state index is 0.0922. The Balaban J connectivity index is 1.56. The van der Waals surface area contributed by atoms with Gasteiger partial charge in [-0.3, -0.25) is 0 Å². The Morgan fingerprint density at radius 3 is 2.43 bits per heavy atom. The zero-order chi connectivity index (χ0) is 14.7. The molecule has 21 heavy (non-hydrogen) atoms. The fraction of sp³-hybridized carbons (Fsp3) is 0.588. The van der Waals surface area contributed by atoms with E-state index >= 15 is 0 Å². The molecule has 2 N–H and O–H groups in total. The molecule has 3 nitrogen and oxygen atoms in total. The first-order valence-corrected chi connectivity index (χ1v) is 8.06. The van der Waals surface area contributed by atoms with Crippen molar-refractivity contribution in [3.63, 3.8) is 0 Å². The van der Waals surface area contributed by atoms with Gasteiger partial charge in [-0.1, -0.05) is 31.0 Å². The summed E-state index contributed by atoms with van der Waals surface area (Å²) >= 11 is 0. The van der Waals surface area contributed by atoms with Gasteiger partial charge in [-0.15, -0.1) is 0 Å². The topological polar surface area (TPSA) is 41.6 Å². The molecule has 1 aromatic rings. The van der Waals surface area contributed by atoms with Gasteiger partial charge < -0.3 is 10.6 Å². The summed E-state index contributed by atoms with van der Waals surface area (Å²) in [6, 6.07) is 7.33. The molecule has 1 aliphatic heterocycles. The van der Waals surface area contributed by atoms with Crippen LogP contribution >= 0.6 is 0 Å². The van der Waals surface area contributed by atoms with Gasteiger partial charge in [0.25, 0.3) is 0 Å². The predicted octanol–water partition coefficient (Wildman–Crippen LogP) is 3.26. The van der Waals surface area contributed by atoms with Crippen molar-refractivity contribution in [3.8, 4) is 0 Å². The largest absolute Gasteiger partial charge is 0.370 e. The summed E-state index contributed by atoms with van der Waals surface area (Å²) in [5.74, 6) is 0.899. The summed E-state index contributed by atoms with van der Waals surface area (Å²) < 4.78 is 13.7. The van der Waals surface area contributed by atoms with E-state index in [1.54, 1.807) is 6.07 Å². The number of likely N-dealkylation sites (tertiary alicyclic amines) is 1. The zero-order valence-electron chi connectivity index (χ0n) is 12.5. The number of hydrogen-bond acceptors (Lipinski definition) is 1. The smallest absolute Gasteiger partial charge is 0.191 e. The molecule has 0 radical (unpaired) electrons. The molecule has 1 aromatic carbocycles. The number of nitrogens with zero attached hydrogens (tertiary/aromatic N) is 2. The molecule has 1 saturated heterocycles. The van der Waals surface area contributed by atoms with Crippen molar-refractivity contribution in [2.75, 3.05) is 13.1 Å². The maximum atomic E-state index is 13.7. The average molecular weight is 289 g/mol. The molecular weight excluding hydrogens is 265 g/mol. The van der Waals surface area contributed by atoms with Gasteiger partial charge in [0, 0.05) is 13.1 Å². The highest BCUT2D eigenvalue weighted by molar-refractivity contribution is 5.78. The Hall–Kier alpha value is -1.58. The predicted molar refractivity (Wildman–Crippen MR) is 83.8 cm³/mol. The third-order valence-electron chi connectivity index (χ3n) is 4.70. The Kier molecular flexibility index (Phi) is 4.42. The van der Waals surface area contributed by atoms with E-state index in [1.165, 1.54) is 31.7 Å². The average Bonchev–Trinajstić information content (AvgIpc) is 2.72. The summed E-state index contributed by atoms with van der Waals surface area (Å²) in [7, 11) is 0. The van der Waals surface area contributed by atoms with Gasteiger partial charge in [0.2, 0.25) is 0 Å². The third kappa shape index (κ3) is 3.36. The molecule has 2 fully saturated rings. The number of hydrogen-bond donors (Lipinski definition) is 1. The Labute approximate surface area is 126 Å². The van der Waals surface area contributed by atoms with Gasteiger partial charge in [0.1, 0.15) is 5.82 Å². The molecule has 0 aromatic heterocycles. The normalized spacial score (nSPS) is 27.1. The molecule has 2 aliphatic rings. The lowest BCUT2D eigenvalue weighted by atomic mass is 9.76. The van der Waals surface area contributed by atoms with Crippen LogP contribution in [0.1, 0.15) is 50.0 Å². The molecule has 0 bridgehead atoms. The van der Waals surface area contributed by atoms with Crippen LogP contribution in [0.2, 0.25) is 0 Å². The molecule has 114 valence electrons. The second-order valence-electron chi connectivity index (χ2n) is 6.23. The summed E-state index contributed by atoms with van der Waals surface area (Å²) in [4.78, 5) is 6.86. The second-order valence-corrected chi connectivity index (χ2v) is 6.23. The first-order chi connectivity index (χ1) is 10.2. The highest BCUT2D eigenvalue weighted by Gasteiger charge is 2.32. The summed E-state index contributed by atoms with van der Waals surface area (Å²) in [5, 5.41) is 0. The van der Waals surface area contributed by atoms with E-state index in [0.29, 0.717) is 11.9 Å². The van der Waals surface area contributed by atoms with Crippen LogP contribution in [0.3, 0.4) is 0 Å². The number of benzene rings is 1. The van der Waals surface area contributed by atoms with Gasteiger partial charge in [-0.05, 0) is 43.2 Å². The molecular formula is C17H24FN3. The van der Waals surface area contributed by atoms with Crippen molar-refractivity contribution in [2.24, 2.45) is 10.7 Å². The fourth-order valence-electron chi connectivity index (χ4n) is 3.32. The minimum Gasteiger partial charge on any atom is -0.370 e. The lowest BCUT2D eigenvalue weighted by Crippen LogP contribution is -2.40. The molecule has 0 atom stereocenters. The van der Waals surface area contributed by atoms with Gasteiger partial charge in [0.15, 0.2) is 5.96 Å². The Bertz CT molecular complexity index is 501. The highest BCUT2D eigenvalue weighted by Crippen LogP contribution is 2.39. The van der Waals surface area contributed by atoms with Crippen LogP contribution in [0, 0.1) is 5.82 Å². The van der Waals surface area contributed by atoms with Crippen molar-refractivity contribution in [2.45, 2.75) is 50.5 Å². The number of aliphatic imine (C=N–C) groups is 1. The summed E-state index contributed by atoms with van der Waals surface area (Å²) in [6.07, 6.45) is 6.83. The highest BCUT2D eigenvalue weighted by atomic mass is 19.1. The Morgan fingerprint density at radius 1 is 1.10 bits per heavy atom. The summed E-state index contributed by atoms with van der Waals surface area (Å²) in [5.41, 5.74) is 6.97. The van der Waals surface area contributed by atoms with E-state index in [9.17, 15) is 4.39 Å². The van der Waals surface area contributed by atoms with Gasteiger partial charge in [-0.25, -0.2) is 9.38 Å². The van der Waals surface area contributed by atoms with Crippen LogP contribution in [0.5, 0.6) is 0 Å². The van der Waals surface area contributed by atoms with Crippen molar-refractivity contribution in [1.82, 2.24) is 4.90 Å². The zero-order valence-corrected chi connectivity index (χ0v) is 12.5. The molecule has 0 spiro atoms. The lowest BCUT2D eigenvalue weighted by Gasteiger charge is -2.34. The molecule has 1 heterocycles. The van der Waals surface area contributed by atoms with E-state index in [-0.39, 0.29) is 11.9 Å². The SMILES string of the molecule is NC(=NC1CC(c2ccccc2F)C1)N1CCCCCC1. The van der Waals surface area contributed by atoms with E-state index < -0.39 is 0 Å². The molecule has 0 amide bonds. The third-order valence-corrected chi connectivity index (χ3v) is 4.70. The van der Waals surface area contributed by atoms with Crippen molar-refractivity contribution >= 4 is 5.96 Å².